The summed E-state index contributed by atoms with van der Waals surface area (Å²) in [6.07, 6.45) is 0.893. The van der Waals surface area contributed by atoms with E-state index in [0.717, 1.165) is 6.42 Å². The number of likely N-dealkylation sites (tertiary alicyclic amines) is 1. The number of carbonyl (C=O) groups excluding carboxylic acids is 1. The van der Waals surface area contributed by atoms with Gasteiger partial charge in [0.05, 0.1) is 5.39 Å². The molecule has 0 spiro atoms. The minimum atomic E-state index is -0.281. The lowest BCUT2D eigenvalue weighted by Gasteiger charge is -2.31. The van der Waals surface area contributed by atoms with E-state index < -0.39 is 0 Å². The van der Waals surface area contributed by atoms with Gasteiger partial charge in [0.25, 0.3) is 11.5 Å². The smallest absolute Gasteiger partial charge is 0.275 e. The third-order valence-corrected chi connectivity index (χ3v) is 5.29. The first kappa shape index (κ1) is 16.5. The lowest BCUT2D eigenvalue weighted by atomic mass is 9.91. The summed E-state index contributed by atoms with van der Waals surface area (Å²) < 4.78 is 0. The molecule has 4 rings (SSSR count). The van der Waals surface area contributed by atoms with Crippen molar-refractivity contribution >= 4 is 16.7 Å². The first-order chi connectivity index (χ1) is 12.5. The van der Waals surface area contributed by atoms with Crippen LogP contribution in [0.4, 0.5) is 0 Å². The summed E-state index contributed by atoms with van der Waals surface area (Å²) in [6, 6.07) is 17.4. The highest BCUT2D eigenvalue weighted by Gasteiger charge is 2.42. The van der Waals surface area contributed by atoms with Crippen LogP contribution in [0.1, 0.15) is 42.2 Å². The molecular formula is C21H21N3O2. The van der Waals surface area contributed by atoms with Gasteiger partial charge in [-0.15, -0.1) is 0 Å². The molecule has 1 unspecified atom stereocenters. The Labute approximate surface area is 151 Å². The monoisotopic (exact) mass is 347 g/mol. The van der Waals surface area contributed by atoms with E-state index in [1.165, 1.54) is 5.56 Å². The van der Waals surface area contributed by atoms with Gasteiger partial charge in [-0.2, -0.15) is 5.10 Å². The summed E-state index contributed by atoms with van der Waals surface area (Å²) in [5, 5.41) is 7.64. The Morgan fingerprint density at radius 3 is 2.46 bits per heavy atom. The molecule has 3 aromatic rings. The molecule has 1 saturated heterocycles. The SMILES string of the molecule is CC1(C)CC(c2ccccc2)CN1C(=O)c1n[nH]c(=O)c2ccccc12. The lowest BCUT2D eigenvalue weighted by Crippen LogP contribution is -2.43. The second kappa shape index (κ2) is 6.09. The quantitative estimate of drug-likeness (QED) is 0.773. The first-order valence-electron chi connectivity index (χ1n) is 8.82. The maximum Gasteiger partial charge on any atom is 0.275 e. The summed E-state index contributed by atoms with van der Waals surface area (Å²) in [7, 11) is 0. The zero-order valence-electron chi connectivity index (χ0n) is 14.9. The van der Waals surface area contributed by atoms with E-state index in [4.69, 9.17) is 0 Å². The number of aromatic amines is 1. The molecule has 1 fully saturated rings. The Morgan fingerprint density at radius 2 is 1.73 bits per heavy atom. The first-order valence-corrected chi connectivity index (χ1v) is 8.82. The number of H-pyrrole nitrogens is 1. The van der Waals surface area contributed by atoms with Crippen LogP contribution in [0.3, 0.4) is 0 Å². The highest BCUT2D eigenvalue weighted by molar-refractivity contribution is 6.05. The van der Waals surface area contributed by atoms with Crippen LogP contribution < -0.4 is 5.56 Å². The van der Waals surface area contributed by atoms with E-state index in [2.05, 4.69) is 36.2 Å². The minimum absolute atomic E-state index is 0.138. The van der Waals surface area contributed by atoms with Crippen molar-refractivity contribution in [1.82, 2.24) is 15.1 Å². The van der Waals surface area contributed by atoms with Gasteiger partial charge in [0.1, 0.15) is 0 Å². The third kappa shape index (κ3) is 2.69. The molecule has 0 bridgehead atoms. The number of nitrogens with one attached hydrogen (secondary N) is 1. The zero-order chi connectivity index (χ0) is 18.3. The fraction of sp³-hybridized carbons (Fsp3) is 0.286. The Bertz CT molecular complexity index is 1020. The fourth-order valence-electron chi connectivity index (χ4n) is 3.96. The largest absolute Gasteiger partial charge is 0.331 e. The molecule has 1 aliphatic heterocycles. The van der Waals surface area contributed by atoms with Gasteiger partial charge < -0.3 is 4.90 Å². The van der Waals surface area contributed by atoms with Crippen LogP contribution in [0.25, 0.3) is 10.8 Å². The van der Waals surface area contributed by atoms with Crippen molar-refractivity contribution in [3.63, 3.8) is 0 Å². The predicted octanol–water partition coefficient (Wildman–Crippen LogP) is 3.33. The molecule has 26 heavy (non-hydrogen) atoms. The fourth-order valence-corrected chi connectivity index (χ4v) is 3.96. The number of rotatable bonds is 2. The van der Waals surface area contributed by atoms with E-state index >= 15 is 0 Å². The van der Waals surface area contributed by atoms with Gasteiger partial charge >= 0.3 is 0 Å². The summed E-state index contributed by atoms with van der Waals surface area (Å²) >= 11 is 0. The molecule has 1 atom stereocenters. The van der Waals surface area contributed by atoms with Gasteiger partial charge in [0.15, 0.2) is 5.69 Å². The van der Waals surface area contributed by atoms with Crippen LogP contribution in [-0.2, 0) is 0 Å². The Hall–Kier alpha value is -2.95. The van der Waals surface area contributed by atoms with Crippen LogP contribution in [0, 0.1) is 0 Å². The molecule has 1 N–H and O–H groups in total. The molecule has 0 aliphatic carbocycles. The molecule has 1 aliphatic rings. The summed E-state index contributed by atoms with van der Waals surface area (Å²) in [4.78, 5) is 27.2. The van der Waals surface area contributed by atoms with Gasteiger partial charge in [-0.3, -0.25) is 9.59 Å². The lowest BCUT2D eigenvalue weighted by molar-refractivity contribution is 0.0646. The van der Waals surface area contributed by atoms with Gasteiger partial charge in [0.2, 0.25) is 0 Å². The molecule has 1 amide bonds. The van der Waals surface area contributed by atoms with E-state index in [1.54, 1.807) is 18.2 Å². The standard InChI is InChI=1S/C21H21N3O2/c1-21(2)12-15(14-8-4-3-5-9-14)13-24(21)20(26)18-16-10-6-7-11-17(16)19(25)23-22-18/h3-11,15H,12-13H2,1-2H3,(H,23,25). The molecule has 0 saturated carbocycles. The number of aromatic nitrogens is 2. The molecule has 5 nitrogen and oxygen atoms in total. The number of hydrogen-bond acceptors (Lipinski definition) is 3. The average molecular weight is 347 g/mol. The van der Waals surface area contributed by atoms with Crippen molar-refractivity contribution in [3.8, 4) is 0 Å². The van der Waals surface area contributed by atoms with E-state index in [9.17, 15) is 9.59 Å². The van der Waals surface area contributed by atoms with E-state index in [1.807, 2.05) is 29.2 Å². The number of hydrogen-bond donors (Lipinski definition) is 1. The highest BCUT2D eigenvalue weighted by Crippen LogP contribution is 2.39. The summed E-state index contributed by atoms with van der Waals surface area (Å²) in [5.41, 5.74) is 0.994. The maximum atomic E-state index is 13.3. The normalized spacial score (nSPS) is 19.0. The molecule has 5 heteroatoms. The van der Waals surface area contributed by atoms with Crippen molar-refractivity contribution in [1.29, 1.82) is 0 Å². The Morgan fingerprint density at radius 1 is 1.08 bits per heavy atom. The summed E-state index contributed by atoms with van der Waals surface area (Å²) in [6.45, 7) is 4.81. The van der Waals surface area contributed by atoms with Crippen molar-refractivity contribution in [2.45, 2.75) is 31.7 Å². The molecule has 1 aromatic heterocycles. The van der Waals surface area contributed by atoms with Crippen LogP contribution in [-0.4, -0.2) is 33.1 Å². The van der Waals surface area contributed by atoms with Crippen LogP contribution in [0.5, 0.6) is 0 Å². The van der Waals surface area contributed by atoms with Crippen molar-refractivity contribution in [3.05, 3.63) is 76.2 Å². The van der Waals surface area contributed by atoms with Crippen molar-refractivity contribution in [2.24, 2.45) is 0 Å². The van der Waals surface area contributed by atoms with Crippen LogP contribution >= 0.6 is 0 Å². The zero-order valence-corrected chi connectivity index (χ0v) is 14.9. The van der Waals surface area contributed by atoms with Crippen LogP contribution in [0.2, 0.25) is 0 Å². The summed E-state index contributed by atoms with van der Waals surface area (Å²) in [5.74, 6) is 0.157. The van der Waals surface area contributed by atoms with Gasteiger partial charge in [-0.25, -0.2) is 5.10 Å². The van der Waals surface area contributed by atoms with Gasteiger partial charge in [-0.1, -0.05) is 48.5 Å². The number of benzene rings is 2. The van der Waals surface area contributed by atoms with Gasteiger partial charge in [0, 0.05) is 23.4 Å². The number of fused-ring (bicyclic) bond motifs is 1. The molecule has 2 aromatic carbocycles. The number of nitrogens with zero attached hydrogens (tertiary/aromatic N) is 2. The van der Waals surface area contributed by atoms with Gasteiger partial charge in [-0.05, 0) is 31.9 Å². The Balaban J connectivity index is 1.73. The van der Waals surface area contributed by atoms with E-state index in [0.29, 0.717) is 28.9 Å². The topological polar surface area (TPSA) is 66.1 Å². The minimum Gasteiger partial charge on any atom is -0.331 e. The average Bonchev–Trinajstić information content (AvgIpc) is 2.98. The van der Waals surface area contributed by atoms with Crippen LogP contribution in [0.15, 0.2) is 59.4 Å². The number of amides is 1. The Kier molecular flexibility index (Phi) is 3.87. The third-order valence-electron chi connectivity index (χ3n) is 5.29. The highest BCUT2D eigenvalue weighted by atomic mass is 16.2. The second-order valence-electron chi connectivity index (χ2n) is 7.49. The molecule has 2 heterocycles. The predicted molar refractivity (Wildman–Crippen MR) is 101 cm³/mol. The molecular weight excluding hydrogens is 326 g/mol. The molecule has 132 valence electrons. The van der Waals surface area contributed by atoms with Crippen molar-refractivity contribution < 1.29 is 4.79 Å². The van der Waals surface area contributed by atoms with E-state index in [-0.39, 0.29) is 17.0 Å². The molecule has 0 radical (unpaired) electrons. The number of carbonyl (C=O) groups is 1. The van der Waals surface area contributed by atoms with Crippen molar-refractivity contribution in [2.75, 3.05) is 6.54 Å². The maximum absolute atomic E-state index is 13.3. The second-order valence-corrected chi connectivity index (χ2v) is 7.49.